The van der Waals surface area contributed by atoms with Crippen molar-refractivity contribution in [1.29, 1.82) is 0 Å². The molecule has 2 atom stereocenters. The fraction of sp³-hybridized carbons (Fsp3) is 0.417. The van der Waals surface area contributed by atoms with Gasteiger partial charge in [0.2, 0.25) is 10.0 Å². The minimum absolute atomic E-state index is 0.0700. The molecule has 1 aromatic carbocycles. The Morgan fingerprint density at radius 1 is 1.38 bits per heavy atom. The number of thioether (sulfide) groups is 1. The van der Waals surface area contributed by atoms with E-state index < -0.39 is 27.4 Å². The average molecular weight is 459 g/mol. The zero-order chi connectivity index (χ0) is 15.9. The third-order valence-corrected chi connectivity index (χ3v) is 8.36. The van der Waals surface area contributed by atoms with Gasteiger partial charge in [-0.3, -0.25) is 4.79 Å². The van der Waals surface area contributed by atoms with E-state index in [0.29, 0.717) is 8.95 Å². The molecule has 5 nitrogen and oxygen atoms in total. The second-order valence-electron chi connectivity index (χ2n) is 4.65. The van der Waals surface area contributed by atoms with Gasteiger partial charge >= 0.3 is 5.97 Å². The van der Waals surface area contributed by atoms with E-state index in [1.165, 1.54) is 17.8 Å². The summed E-state index contributed by atoms with van der Waals surface area (Å²) in [4.78, 5) is 11.4. The molecule has 1 N–H and O–H groups in total. The van der Waals surface area contributed by atoms with Crippen molar-refractivity contribution in [2.24, 2.45) is 0 Å². The number of hydrogen-bond acceptors (Lipinski definition) is 4. The Morgan fingerprint density at radius 2 is 2.00 bits per heavy atom. The second kappa shape index (κ2) is 6.19. The van der Waals surface area contributed by atoms with Crippen LogP contribution in [0.2, 0.25) is 0 Å². The number of sulfonamides is 1. The van der Waals surface area contributed by atoms with Crippen LogP contribution in [0.3, 0.4) is 0 Å². The van der Waals surface area contributed by atoms with Crippen molar-refractivity contribution < 1.29 is 18.3 Å². The molecule has 2 unspecified atom stereocenters. The number of hydrogen-bond donors (Lipinski definition) is 1. The Kier molecular flexibility index (Phi) is 5.09. The van der Waals surface area contributed by atoms with E-state index in [1.807, 2.05) is 6.92 Å². The first-order chi connectivity index (χ1) is 9.66. The van der Waals surface area contributed by atoms with Gasteiger partial charge in [0.25, 0.3) is 0 Å². The van der Waals surface area contributed by atoms with Crippen LogP contribution in [-0.4, -0.2) is 41.0 Å². The zero-order valence-corrected chi connectivity index (χ0v) is 16.0. The van der Waals surface area contributed by atoms with Crippen LogP contribution in [0.15, 0.2) is 26.0 Å². The fourth-order valence-electron chi connectivity index (χ4n) is 2.11. The molecule has 0 radical (unpaired) electrons. The van der Waals surface area contributed by atoms with Crippen LogP contribution in [0.25, 0.3) is 0 Å². The second-order valence-corrected chi connectivity index (χ2v) is 9.52. The van der Waals surface area contributed by atoms with E-state index in [2.05, 4.69) is 31.9 Å². The van der Waals surface area contributed by atoms with Crippen molar-refractivity contribution >= 4 is 59.6 Å². The normalized spacial score (nSPS) is 23.4. The minimum atomic E-state index is -3.90. The maximum atomic E-state index is 12.8. The number of carboxylic acids is 1. The molecule has 0 saturated carbocycles. The highest BCUT2D eigenvalue weighted by atomic mass is 79.9. The van der Waals surface area contributed by atoms with Gasteiger partial charge in [-0.05, 0) is 47.5 Å². The number of benzene rings is 1. The molecular formula is C12H13Br2NO4S2. The highest BCUT2D eigenvalue weighted by Crippen LogP contribution is 2.38. The van der Waals surface area contributed by atoms with Gasteiger partial charge in [-0.2, -0.15) is 4.31 Å². The molecule has 1 aliphatic rings. The Balaban J connectivity index is 2.56. The molecule has 0 aromatic heterocycles. The predicted octanol–water partition coefficient (Wildman–Crippen LogP) is 3.06. The maximum Gasteiger partial charge on any atom is 0.322 e. The summed E-state index contributed by atoms with van der Waals surface area (Å²) in [7, 11) is -3.90. The Morgan fingerprint density at radius 3 is 2.57 bits per heavy atom. The molecule has 9 heteroatoms. The van der Waals surface area contributed by atoms with Crippen LogP contribution < -0.4 is 0 Å². The average Bonchev–Trinajstić information content (AvgIpc) is 2.76. The van der Waals surface area contributed by atoms with E-state index in [1.54, 1.807) is 13.0 Å². The molecule has 2 rings (SSSR count). The molecule has 116 valence electrons. The predicted molar refractivity (Wildman–Crippen MR) is 88.9 cm³/mol. The summed E-state index contributed by atoms with van der Waals surface area (Å²) in [6.45, 7) is 3.54. The molecule has 0 aliphatic carbocycles. The van der Waals surface area contributed by atoms with Crippen molar-refractivity contribution in [3.63, 3.8) is 0 Å². The Labute approximate surface area is 144 Å². The molecule has 1 aliphatic heterocycles. The molecule has 1 heterocycles. The lowest BCUT2D eigenvalue weighted by atomic mass is 10.2. The van der Waals surface area contributed by atoms with Crippen molar-refractivity contribution in [1.82, 2.24) is 4.31 Å². The van der Waals surface area contributed by atoms with E-state index in [-0.39, 0.29) is 10.6 Å². The number of nitrogens with zero attached hydrogens (tertiary/aromatic N) is 1. The number of halogens is 2. The van der Waals surface area contributed by atoms with Gasteiger partial charge in [0.15, 0.2) is 0 Å². The van der Waals surface area contributed by atoms with Gasteiger partial charge in [-0.15, -0.1) is 11.8 Å². The monoisotopic (exact) mass is 457 g/mol. The minimum Gasteiger partial charge on any atom is -0.480 e. The van der Waals surface area contributed by atoms with E-state index >= 15 is 0 Å². The summed E-state index contributed by atoms with van der Waals surface area (Å²) in [5, 5.41) is 8.83. The first-order valence-electron chi connectivity index (χ1n) is 6.00. The highest BCUT2D eigenvalue weighted by molar-refractivity contribution is 9.11. The van der Waals surface area contributed by atoms with Gasteiger partial charge < -0.3 is 5.11 Å². The van der Waals surface area contributed by atoms with Crippen LogP contribution in [0.4, 0.5) is 0 Å². The van der Waals surface area contributed by atoms with Crippen LogP contribution in [0.1, 0.15) is 12.5 Å². The maximum absolute atomic E-state index is 12.8. The first kappa shape index (κ1) is 17.3. The summed E-state index contributed by atoms with van der Waals surface area (Å²) in [5.41, 5.74) is 0.888. The Bertz CT molecular complexity index is 693. The summed E-state index contributed by atoms with van der Waals surface area (Å²) in [6, 6.07) is 2.16. The quantitative estimate of drug-likeness (QED) is 0.753. The summed E-state index contributed by atoms with van der Waals surface area (Å²) >= 11 is 7.89. The molecular weight excluding hydrogens is 446 g/mol. The van der Waals surface area contributed by atoms with Crippen LogP contribution in [0, 0.1) is 6.92 Å². The summed E-state index contributed by atoms with van der Waals surface area (Å²) in [5.74, 6) is -0.877. The molecule has 0 spiro atoms. The summed E-state index contributed by atoms with van der Waals surface area (Å²) in [6.07, 6.45) is 0. The van der Waals surface area contributed by atoms with Crippen molar-refractivity contribution in [3.05, 3.63) is 26.6 Å². The molecule has 21 heavy (non-hydrogen) atoms. The van der Waals surface area contributed by atoms with Crippen LogP contribution in [0.5, 0.6) is 0 Å². The van der Waals surface area contributed by atoms with Gasteiger partial charge in [0, 0.05) is 14.7 Å². The third-order valence-electron chi connectivity index (χ3n) is 3.21. The van der Waals surface area contributed by atoms with E-state index in [9.17, 15) is 18.3 Å². The summed E-state index contributed by atoms with van der Waals surface area (Å²) < 4.78 is 27.8. The lowest BCUT2D eigenvalue weighted by Crippen LogP contribution is -2.44. The van der Waals surface area contributed by atoms with Crippen molar-refractivity contribution in [2.45, 2.75) is 30.2 Å². The molecule has 0 amide bonds. The van der Waals surface area contributed by atoms with Crippen LogP contribution in [-0.2, 0) is 14.8 Å². The number of rotatable bonds is 3. The zero-order valence-electron chi connectivity index (χ0n) is 11.2. The van der Waals surface area contributed by atoms with Crippen LogP contribution >= 0.6 is 43.6 Å². The fourth-order valence-corrected chi connectivity index (χ4v) is 7.04. The van der Waals surface area contributed by atoms with Gasteiger partial charge in [-0.1, -0.05) is 15.9 Å². The lowest BCUT2D eigenvalue weighted by molar-refractivity contribution is -0.140. The van der Waals surface area contributed by atoms with E-state index in [4.69, 9.17) is 0 Å². The first-order valence-corrected chi connectivity index (χ1v) is 10.1. The number of carbonyl (C=O) groups is 1. The van der Waals surface area contributed by atoms with Gasteiger partial charge in [-0.25, -0.2) is 8.42 Å². The van der Waals surface area contributed by atoms with Crippen molar-refractivity contribution in [2.75, 3.05) is 5.75 Å². The molecule has 1 aromatic rings. The topological polar surface area (TPSA) is 74.7 Å². The smallest absolute Gasteiger partial charge is 0.322 e. The Hall–Kier alpha value is -0.0900. The number of carboxylic acid groups (broad SMARTS) is 1. The SMILES string of the molecule is Cc1cc(Br)c(S(=O)(=O)N2C(C)SCC2C(=O)O)cc1Br. The van der Waals surface area contributed by atoms with E-state index in [0.717, 1.165) is 9.87 Å². The molecule has 1 fully saturated rings. The van der Waals surface area contributed by atoms with Crippen molar-refractivity contribution in [3.8, 4) is 0 Å². The number of aryl methyl sites for hydroxylation is 1. The third kappa shape index (κ3) is 3.17. The lowest BCUT2D eigenvalue weighted by Gasteiger charge is -2.25. The largest absolute Gasteiger partial charge is 0.480 e. The highest BCUT2D eigenvalue weighted by Gasteiger charge is 2.45. The van der Waals surface area contributed by atoms with Gasteiger partial charge in [0.05, 0.1) is 10.3 Å². The molecule has 1 saturated heterocycles. The standard InChI is InChI=1S/C12H13Br2NO4S2/c1-6-3-9(14)11(4-8(6)13)21(18,19)15-7(2)20-5-10(15)12(16)17/h3-4,7,10H,5H2,1-2H3,(H,16,17). The molecule has 0 bridgehead atoms. The number of aliphatic carboxylic acids is 1. The van der Waals surface area contributed by atoms with Gasteiger partial charge in [0.1, 0.15) is 6.04 Å².